The Labute approximate surface area is 143 Å². The first-order valence-corrected chi connectivity index (χ1v) is 8.08. The van der Waals surface area contributed by atoms with Crippen LogP contribution in [0.5, 0.6) is 0 Å². The number of H-pyrrole nitrogens is 1. The van der Waals surface area contributed by atoms with Crippen molar-refractivity contribution in [1.29, 1.82) is 0 Å². The number of aromatic amines is 1. The van der Waals surface area contributed by atoms with E-state index in [0.717, 1.165) is 29.4 Å². The van der Waals surface area contributed by atoms with E-state index in [-0.39, 0.29) is 5.54 Å². The van der Waals surface area contributed by atoms with E-state index in [1.165, 1.54) is 0 Å². The quantitative estimate of drug-likeness (QED) is 0.529. The minimum Gasteiger partial charge on any atom is -0.384 e. The summed E-state index contributed by atoms with van der Waals surface area (Å²) in [6, 6.07) is 7.74. The van der Waals surface area contributed by atoms with E-state index in [1.54, 1.807) is 12.3 Å². The van der Waals surface area contributed by atoms with Gasteiger partial charge < -0.3 is 16.0 Å². The van der Waals surface area contributed by atoms with Gasteiger partial charge in [-0.2, -0.15) is 10.1 Å². The number of nitrogen functional groups attached to an aromatic ring is 1. The number of nitrogens with one attached hydrogen (secondary N) is 2. The number of pyridine rings is 1. The predicted molar refractivity (Wildman–Crippen MR) is 94.4 cm³/mol. The zero-order valence-corrected chi connectivity index (χ0v) is 13.3. The highest BCUT2D eigenvalue weighted by molar-refractivity contribution is 5.79. The van der Waals surface area contributed by atoms with Crippen molar-refractivity contribution in [2.24, 2.45) is 0 Å². The lowest BCUT2D eigenvalue weighted by Gasteiger charge is -2.15. The molecule has 4 N–H and O–H groups in total. The number of anilines is 3. The summed E-state index contributed by atoms with van der Waals surface area (Å²) in [5.41, 5.74) is 7.60. The van der Waals surface area contributed by atoms with E-state index >= 15 is 0 Å². The van der Waals surface area contributed by atoms with Crippen molar-refractivity contribution in [2.75, 3.05) is 11.1 Å². The first-order valence-electron chi connectivity index (χ1n) is 8.08. The van der Waals surface area contributed by atoms with Gasteiger partial charge in [0.05, 0.1) is 17.4 Å². The molecule has 4 heterocycles. The molecule has 8 heteroatoms. The Bertz CT molecular complexity index is 1060. The van der Waals surface area contributed by atoms with Gasteiger partial charge in [-0.1, -0.05) is 0 Å². The minimum atomic E-state index is -0.165. The molecule has 0 bridgehead atoms. The lowest BCUT2D eigenvalue weighted by Crippen LogP contribution is -2.20. The van der Waals surface area contributed by atoms with E-state index in [0.29, 0.717) is 17.6 Å². The van der Waals surface area contributed by atoms with Crippen LogP contribution in [0.15, 0.2) is 49.1 Å². The van der Waals surface area contributed by atoms with Gasteiger partial charge >= 0.3 is 0 Å². The molecule has 4 aromatic rings. The van der Waals surface area contributed by atoms with Crippen molar-refractivity contribution in [3.63, 3.8) is 0 Å². The van der Waals surface area contributed by atoms with Crippen LogP contribution in [0, 0.1) is 0 Å². The van der Waals surface area contributed by atoms with E-state index in [4.69, 9.17) is 5.73 Å². The van der Waals surface area contributed by atoms with Gasteiger partial charge in [0.1, 0.15) is 11.4 Å². The third-order valence-corrected chi connectivity index (χ3v) is 4.58. The molecule has 25 heavy (non-hydrogen) atoms. The van der Waals surface area contributed by atoms with Gasteiger partial charge in [0.2, 0.25) is 5.95 Å². The van der Waals surface area contributed by atoms with Crippen molar-refractivity contribution in [3.05, 3.63) is 54.7 Å². The number of aromatic nitrogens is 6. The lowest BCUT2D eigenvalue weighted by atomic mass is 10.1. The molecule has 0 amide bonds. The number of nitrogens with two attached hydrogens (primary N) is 1. The third-order valence-electron chi connectivity index (χ3n) is 4.58. The average molecular weight is 332 g/mol. The fourth-order valence-electron chi connectivity index (χ4n) is 3.10. The Morgan fingerprint density at radius 3 is 2.96 bits per heavy atom. The number of rotatable bonds is 4. The van der Waals surface area contributed by atoms with Crippen molar-refractivity contribution >= 4 is 28.5 Å². The largest absolute Gasteiger partial charge is 0.384 e. The Hall–Kier alpha value is -3.42. The van der Waals surface area contributed by atoms with Crippen molar-refractivity contribution < 1.29 is 0 Å². The molecule has 0 radical (unpaired) electrons. The number of hydrogen-bond donors (Lipinski definition) is 3. The molecular weight excluding hydrogens is 316 g/mol. The van der Waals surface area contributed by atoms with Crippen LogP contribution in [-0.4, -0.2) is 29.7 Å². The SMILES string of the molecule is Nc1ccnc(Nc2ccn(C3(c4cc5cc[nH]c5cn4)CC3)n2)n1. The maximum absolute atomic E-state index is 5.68. The minimum absolute atomic E-state index is 0.165. The van der Waals surface area contributed by atoms with Crippen LogP contribution in [-0.2, 0) is 5.54 Å². The van der Waals surface area contributed by atoms with Gasteiger partial charge in [-0.05, 0) is 31.0 Å². The molecule has 5 rings (SSSR count). The van der Waals surface area contributed by atoms with Crippen LogP contribution in [0.25, 0.3) is 10.9 Å². The fraction of sp³-hybridized carbons (Fsp3) is 0.176. The molecule has 124 valence electrons. The zero-order valence-electron chi connectivity index (χ0n) is 13.3. The van der Waals surface area contributed by atoms with Crippen molar-refractivity contribution in [3.8, 4) is 0 Å². The molecule has 1 fully saturated rings. The summed E-state index contributed by atoms with van der Waals surface area (Å²) in [6.07, 6.45) is 9.42. The molecule has 8 nitrogen and oxygen atoms in total. The average Bonchev–Trinajstić information content (AvgIpc) is 3.06. The molecule has 1 aliphatic rings. The highest BCUT2D eigenvalue weighted by Crippen LogP contribution is 2.48. The van der Waals surface area contributed by atoms with Gasteiger partial charge in [0, 0.05) is 30.0 Å². The van der Waals surface area contributed by atoms with Gasteiger partial charge in [-0.25, -0.2) is 4.98 Å². The maximum Gasteiger partial charge on any atom is 0.230 e. The van der Waals surface area contributed by atoms with E-state index in [1.807, 2.05) is 29.3 Å². The monoisotopic (exact) mass is 332 g/mol. The zero-order chi connectivity index (χ0) is 16.9. The van der Waals surface area contributed by atoms with Gasteiger partial charge in [0.25, 0.3) is 0 Å². The fourth-order valence-corrected chi connectivity index (χ4v) is 3.10. The second kappa shape index (κ2) is 5.04. The number of nitrogens with zero attached hydrogens (tertiary/aromatic N) is 5. The van der Waals surface area contributed by atoms with Crippen LogP contribution >= 0.6 is 0 Å². The van der Waals surface area contributed by atoms with Crippen LogP contribution in [0.4, 0.5) is 17.6 Å². The van der Waals surface area contributed by atoms with Crippen LogP contribution < -0.4 is 11.1 Å². The first kappa shape index (κ1) is 14.0. The molecular formula is C17H16N8. The van der Waals surface area contributed by atoms with Crippen molar-refractivity contribution in [1.82, 2.24) is 29.7 Å². The smallest absolute Gasteiger partial charge is 0.230 e. The van der Waals surface area contributed by atoms with Gasteiger partial charge in [0.15, 0.2) is 5.82 Å². The Morgan fingerprint density at radius 2 is 2.12 bits per heavy atom. The summed E-state index contributed by atoms with van der Waals surface area (Å²) >= 11 is 0. The molecule has 0 unspecified atom stereocenters. The summed E-state index contributed by atoms with van der Waals surface area (Å²) < 4.78 is 1.97. The summed E-state index contributed by atoms with van der Waals surface area (Å²) in [7, 11) is 0. The molecule has 0 spiro atoms. The van der Waals surface area contributed by atoms with Crippen molar-refractivity contribution in [2.45, 2.75) is 18.4 Å². The van der Waals surface area contributed by atoms with Gasteiger partial charge in [-0.15, -0.1) is 0 Å². The summed E-state index contributed by atoms with van der Waals surface area (Å²) in [5, 5.41) is 8.89. The van der Waals surface area contributed by atoms with Crippen LogP contribution in [0.2, 0.25) is 0 Å². The highest BCUT2D eigenvalue weighted by atomic mass is 15.4. The van der Waals surface area contributed by atoms with E-state index in [9.17, 15) is 0 Å². The Balaban J connectivity index is 1.46. The van der Waals surface area contributed by atoms with E-state index in [2.05, 4.69) is 42.5 Å². The topological polar surface area (TPSA) is 110 Å². The molecule has 1 aliphatic carbocycles. The Kier molecular flexibility index (Phi) is 2.81. The van der Waals surface area contributed by atoms with Crippen LogP contribution in [0.3, 0.4) is 0 Å². The lowest BCUT2D eigenvalue weighted by molar-refractivity contribution is 0.497. The van der Waals surface area contributed by atoms with Gasteiger partial charge in [-0.3, -0.25) is 9.67 Å². The molecule has 0 aliphatic heterocycles. The number of hydrogen-bond acceptors (Lipinski definition) is 6. The summed E-state index contributed by atoms with van der Waals surface area (Å²) in [4.78, 5) is 16.1. The second-order valence-corrected chi connectivity index (χ2v) is 6.24. The summed E-state index contributed by atoms with van der Waals surface area (Å²) in [5.74, 6) is 1.53. The standard InChI is InChI=1S/C17H16N8/c18-14-2-7-20-16(22-14)23-15-3-8-25(24-15)17(4-5-17)13-9-11-1-6-19-12(11)10-21-13/h1-3,6-10,19H,4-5H2,(H3,18,20,22,23,24). The molecule has 4 aromatic heterocycles. The number of fused-ring (bicyclic) bond motifs is 1. The summed E-state index contributed by atoms with van der Waals surface area (Å²) in [6.45, 7) is 0. The van der Waals surface area contributed by atoms with E-state index < -0.39 is 0 Å². The molecule has 0 aromatic carbocycles. The molecule has 0 saturated heterocycles. The van der Waals surface area contributed by atoms with Crippen LogP contribution in [0.1, 0.15) is 18.5 Å². The third kappa shape index (κ3) is 2.30. The highest BCUT2D eigenvalue weighted by Gasteiger charge is 2.48. The Morgan fingerprint density at radius 1 is 1.20 bits per heavy atom. The second-order valence-electron chi connectivity index (χ2n) is 6.24. The molecule has 1 saturated carbocycles. The first-order chi connectivity index (χ1) is 12.2. The maximum atomic E-state index is 5.68. The normalized spacial score (nSPS) is 15.4. The predicted octanol–water partition coefficient (Wildman–Crippen LogP) is 2.41. The molecule has 0 atom stereocenters.